The third kappa shape index (κ3) is 3.80. The van der Waals surface area contributed by atoms with Crippen molar-refractivity contribution < 1.29 is 8.78 Å². The molecular formula is C17H18ClF2N. The first-order chi connectivity index (χ1) is 10.0. The number of likely N-dealkylation sites (N-methyl/N-ethyl adjacent to an activating group) is 1. The lowest BCUT2D eigenvalue weighted by Gasteiger charge is -2.21. The molecule has 0 heterocycles. The van der Waals surface area contributed by atoms with Crippen LogP contribution >= 0.6 is 11.6 Å². The minimum atomic E-state index is -0.430. The van der Waals surface area contributed by atoms with Crippen molar-refractivity contribution in [2.45, 2.75) is 26.3 Å². The minimum Gasteiger partial charge on any atom is -0.310 e. The predicted octanol–water partition coefficient (Wildman–Crippen LogP) is 4.82. The first kappa shape index (κ1) is 15.9. The predicted molar refractivity (Wildman–Crippen MR) is 82.7 cm³/mol. The Labute approximate surface area is 128 Å². The molecule has 4 heteroatoms. The molecule has 1 unspecified atom stereocenters. The second kappa shape index (κ2) is 7.01. The normalized spacial score (nSPS) is 12.4. The van der Waals surface area contributed by atoms with Crippen LogP contribution in [0, 0.1) is 18.6 Å². The molecule has 0 aliphatic rings. The summed E-state index contributed by atoms with van der Waals surface area (Å²) in [5, 5.41) is 3.45. The van der Waals surface area contributed by atoms with Crippen LogP contribution in [0.15, 0.2) is 36.4 Å². The average Bonchev–Trinajstić information content (AvgIpc) is 2.46. The molecule has 21 heavy (non-hydrogen) atoms. The van der Waals surface area contributed by atoms with Gasteiger partial charge in [0.15, 0.2) is 0 Å². The lowest BCUT2D eigenvalue weighted by atomic mass is 9.95. The smallest absolute Gasteiger partial charge is 0.142 e. The molecule has 112 valence electrons. The molecule has 0 aromatic heterocycles. The number of hydrogen-bond donors (Lipinski definition) is 1. The van der Waals surface area contributed by atoms with Crippen molar-refractivity contribution in [1.29, 1.82) is 0 Å². The van der Waals surface area contributed by atoms with Crippen LogP contribution in [0.5, 0.6) is 0 Å². The molecule has 0 radical (unpaired) electrons. The molecule has 2 aromatic rings. The Kier molecular flexibility index (Phi) is 5.32. The summed E-state index contributed by atoms with van der Waals surface area (Å²) < 4.78 is 27.1. The quantitative estimate of drug-likeness (QED) is 0.835. The van der Waals surface area contributed by atoms with Crippen LogP contribution in [-0.4, -0.2) is 6.54 Å². The Morgan fingerprint density at radius 3 is 2.67 bits per heavy atom. The molecular weight excluding hydrogens is 292 g/mol. The van der Waals surface area contributed by atoms with Crippen LogP contribution in [-0.2, 0) is 6.42 Å². The van der Waals surface area contributed by atoms with Gasteiger partial charge in [0.2, 0.25) is 0 Å². The van der Waals surface area contributed by atoms with Gasteiger partial charge in [-0.15, -0.1) is 0 Å². The zero-order valence-electron chi connectivity index (χ0n) is 12.1. The van der Waals surface area contributed by atoms with Gasteiger partial charge in [-0.05, 0) is 54.8 Å². The van der Waals surface area contributed by atoms with Crippen molar-refractivity contribution in [3.8, 4) is 0 Å². The van der Waals surface area contributed by atoms with Gasteiger partial charge in [0.05, 0.1) is 5.02 Å². The number of nitrogens with one attached hydrogen (secondary N) is 1. The molecule has 0 aliphatic carbocycles. The molecule has 0 amide bonds. The van der Waals surface area contributed by atoms with Crippen LogP contribution in [0.25, 0.3) is 0 Å². The summed E-state index contributed by atoms with van der Waals surface area (Å²) in [6.45, 7) is 4.65. The third-order valence-electron chi connectivity index (χ3n) is 3.52. The molecule has 0 fully saturated rings. The van der Waals surface area contributed by atoms with E-state index in [1.807, 2.05) is 13.8 Å². The van der Waals surface area contributed by atoms with E-state index in [0.717, 1.165) is 17.7 Å². The van der Waals surface area contributed by atoms with Crippen LogP contribution in [0.4, 0.5) is 8.78 Å². The van der Waals surface area contributed by atoms with Gasteiger partial charge in [-0.25, -0.2) is 8.78 Å². The molecule has 0 spiro atoms. The summed E-state index contributed by atoms with van der Waals surface area (Å²) in [6.07, 6.45) is 0.509. The number of aryl methyl sites for hydroxylation is 1. The van der Waals surface area contributed by atoms with E-state index >= 15 is 0 Å². The Bertz CT molecular complexity index is 628. The van der Waals surface area contributed by atoms with Crippen molar-refractivity contribution >= 4 is 11.6 Å². The van der Waals surface area contributed by atoms with Gasteiger partial charge in [-0.2, -0.15) is 0 Å². The summed E-state index contributed by atoms with van der Waals surface area (Å²) in [5.74, 6) is -0.704. The van der Waals surface area contributed by atoms with Gasteiger partial charge in [0, 0.05) is 6.04 Å². The fraction of sp³-hybridized carbons (Fsp3) is 0.294. The molecule has 2 aromatic carbocycles. The molecule has 1 nitrogen and oxygen atoms in total. The Hall–Kier alpha value is -1.45. The number of halogens is 3. The van der Waals surface area contributed by atoms with Gasteiger partial charge in [0.1, 0.15) is 11.6 Å². The minimum absolute atomic E-state index is 0.106. The van der Waals surface area contributed by atoms with Crippen LogP contribution in [0.1, 0.15) is 29.7 Å². The summed E-state index contributed by atoms with van der Waals surface area (Å²) in [6, 6.07) is 9.38. The van der Waals surface area contributed by atoms with E-state index in [4.69, 9.17) is 11.6 Å². The van der Waals surface area contributed by atoms with E-state index in [1.54, 1.807) is 18.2 Å². The van der Waals surface area contributed by atoms with Gasteiger partial charge < -0.3 is 5.32 Å². The number of rotatable bonds is 5. The van der Waals surface area contributed by atoms with Crippen molar-refractivity contribution in [1.82, 2.24) is 5.32 Å². The lowest BCUT2D eigenvalue weighted by molar-refractivity contribution is 0.537. The maximum absolute atomic E-state index is 13.5. The van der Waals surface area contributed by atoms with Gasteiger partial charge in [-0.1, -0.05) is 36.7 Å². The fourth-order valence-electron chi connectivity index (χ4n) is 2.45. The van der Waals surface area contributed by atoms with Crippen molar-refractivity contribution in [3.05, 3.63) is 69.7 Å². The van der Waals surface area contributed by atoms with Crippen LogP contribution < -0.4 is 5.32 Å². The maximum Gasteiger partial charge on any atom is 0.142 e. The third-order valence-corrected chi connectivity index (χ3v) is 3.95. The van der Waals surface area contributed by atoms with E-state index in [0.29, 0.717) is 12.0 Å². The van der Waals surface area contributed by atoms with E-state index in [-0.39, 0.29) is 16.9 Å². The van der Waals surface area contributed by atoms with Crippen molar-refractivity contribution in [2.75, 3.05) is 6.54 Å². The standard InChI is InChI=1S/C17H18ClF2N/c1-3-21-16(14-10-13(19)8-7-11(14)2)9-12-5-4-6-15(20)17(12)18/h4-8,10,16,21H,3,9H2,1-2H3. The zero-order valence-corrected chi connectivity index (χ0v) is 12.8. The van der Waals surface area contributed by atoms with Crippen molar-refractivity contribution in [2.24, 2.45) is 0 Å². The Morgan fingerprint density at radius 2 is 1.95 bits per heavy atom. The highest BCUT2D eigenvalue weighted by molar-refractivity contribution is 6.31. The van der Waals surface area contributed by atoms with Gasteiger partial charge >= 0.3 is 0 Å². The second-order valence-electron chi connectivity index (χ2n) is 5.03. The van der Waals surface area contributed by atoms with E-state index in [2.05, 4.69) is 5.32 Å². The zero-order chi connectivity index (χ0) is 15.4. The SMILES string of the molecule is CCNC(Cc1cccc(F)c1Cl)c1cc(F)ccc1C. The van der Waals surface area contributed by atoms with E-state index in [9.17, 15) is 8.78 Å². The molecule has 1 atom stereocenters. The topological polar surface area (TPSA) is 12.0 Å². The largest absolute Gasteiger partial charge is 0.310 e. The molecule has 2 rings (SSSR count). The highest BCUT2D eigenvalue weighted by Gasteiger charge is 2.17. The summed E-state index contributed by atoms with van der Waals surface area (Å²) >= 11 is 6.02. The maximum atomic E-state index is 13.5. The highest BCUT2D eigenvalue weighted by Crippen LogP contribution is 2.27. The molecule has 0 saturated carbocycles. The molecule has 0 bridgehead atoms. The summed E-state index contributed by atoms with van der Waals surface area (Å²) in [7, 11) is 0. The first-order valence-electron chi connectivity index (χ1n) is 6.95. The Morgan fingerprint density at radius 1 is 1.19 bits per heavy atom. The van der Waals surface area contributed by atoms with E-state index in [1.165, 1.54) is 18.2 Å². The fourth-order valence-corrected chi connectivity index (χ4v) is 2.65. The molecule has 1 N–H and O–H groups in total. The Balaban J connectivity index is 2.35. The van der Waals surface area contributed by atoms with Gasteiger partial charge in [0.25, 0.3) is 0 Å². The van der Waals surface area contributed by atoms with Gasteiger partial charge in [-0.3, -0.25) is 0 Å². The molecule has 0 aliphatic heterocycles. The van der Waals surface area contributed by atoms with E-state index < -0.39 is 5.82 Å². The monoisotopic (exact) mass is 309 g/mol. The highest BCUT2D eigenvalue weighted by atomic mass is 35.5. The number of hydrogen-bond acceptors (Lipinski definition) is 1. The average molecular weight is 310 g/mol. The summed E-state index contributed by atoms with van der Waals surface area (Å²) in [4.78, 5) is 0. The van der Waals surface area contributed by atoms with Crippen LogP contribution in [0.2, 0.25) is 5.02 Å². The lowest BCUT2D eigenvalue weighted by Crippen LogP contribution is -2.24. The molecule has 0 saturated heterocycles. The summed E-state index contributed by atoms with van der Waals surface area (Å²) in [5.41, 5.74) is 2.58. The van der Waals surface area contributed by atoms with Crippen molar-refractivity contribution in [3.63, 3.8) is 0 Å². The number of benzene rings is 2. The first-order valence-corrected chi connectivity index (χ1v) is 7.33. The van der Waals surface area contributed by atoms with Crippen LogP contribution in [0.3, 0.4) is 0 Å². The second-order valence-corrected chi connectivity index (χ2v) is 5.41.